The summed E-state index contributed by atoms with van der Waals surface area (Å²) in [5.74, 6) is -0.450. The van der Waals surface area contributed by atoms with Gasteiger partial charge in [-0.25, -0.2) is 4.98 Å². The number of carbonyl (C=O) groups excluding carboxylic acids is 1. The maximum atomic E-state index is 11.8. The first kappa shape index (κ1) is 12.1. The predicted molar refractivity (Wildman–Crippen MR) is 69.7 cm³/mol. The molecule has 5 nitrogen and oxygen atoms in total. The number of nitrogens with one attached hydrogen (secondary N) is 1. The van der Waals surface area contributed by atoms with Gasteiger partial charge in [-0.1, -0.05) is 0 Å². The van der Waals surface area contributed by atoms with Crippen molar-refractivity contribution in [2.24, 2.45) is 7.05 Å². The van der Waals surface area contributed by atoms with Gasteiger partial charge in [0.1, 0.15) is 11.6 Å². The van der Waals surface area contributed by atoms with E-state index in [-0.39, 0.29) is 5.57 Å². The number of nitrogens with zero attached hydrogens (tertiary/aromatic N) is 3. The van der Waals surface area contributed by atoms with Gasteiger partial charge in [0, 0.05) is 30.5 Å². The fourth-order valence-electron chi connectivity index (χ4n) is 1.37. The van der Waals surface area contributed by atoms with Crippen LogP contribution >= 0.6 is 11.3 Å². The van der Waals surface area contributed by atoms with Gasteiger partial charge in [0.15, 0.2) is 5.13 Å². The molecule has 0 unspecified atom stereocenters. The number of aromatic nitrogens is 2. The first-order valence-corrected chi connectivity index (χ1v) is 6.02. The molecule has 2 aromatic rings. The highest BCUT2D eigenvalue weighted by atomic mass is 32.1. The Labute approximate surface area is 108 Å². The van der Waals surface area contributed by atoms with Crippen LogP contribution in [-0.2, 0) is 11.8 Å². The van der Waals surface area contributed by atoms with Gasteiger partial charge >= 0.3 is 0 Å². The van der Waals surface area contributed by atoms with Crippen molar-refractivity contribution in [2.45, 2.75) is 0 Å². The van der Waals surface area contributed by atoms with Crippen LogP contribution in [0.4, 0.5) is 5.13 Å². The Balaban J connectivity index is 2.19. The Morgan fingerprint density at radius 2 is 2.50 bits per heavy atom. The second kappa shape index (κ2) is 5.29. The summed E-state index contributed by atoms with van der Waals surface area (Å²) in [4.78, 5) is 15.8. The summed E-state index contributed by atoms with van der Waals surface area (Å²) in [6, 6.07) is 5.57. The Morgan fingerprint density at radius 3 is 3.06 bits per heavy atom. The molecule has 2 aromatic heterocycles. The molecule has 6 heteroatoms. The second-order valence-corrected chi connectivity index (χ2v) is 4.40. The summed E-state index contributed by atoms with van der Waals surface area (Å²) in [6.45, 7) is 0. The normalized spacial score (nSPS) is 11.0. The number of rotatable bonds is 3. The molecule has 0 aliphatic heterocycles. The fourth-order valence-corrected chi connectivity index (χ4v) is 1.89. The second-order valence-electron chi connectivity index (χ2n) is 3.51. The predicted octanol–water partition coefficient (Wildman–Crippen LogP) is 2.03. The molecule has 0 bridgehead atoms. The van der Waals surface area contributed by atoms with Crippen LogP contribution in [0.15, 0.2) is 35.5 Å². The third-order valence-corrected chi connectivity index (χ3v) is 2.98. The summed E-state index contributed by atoms with van der Waals surface area (Å²) in [6.07, 6.45) is 4.98. The molecule has 0 saturated heterocycles. The van der Waals surface area contributed by atoms with Crippen molar-refractivity contribution in [1.29, 1.82) is 5.26 Å². The summed E-state index contributed by atoms with van der Waals surface area (Å²) < 4.78 is 1.83. The number of thiazole rings is 1. The molecule has 2 rings (SSSR count). The lowest BCUT2D eigenvalue weighted by Crippen LogP contribution is -2.13. The molecule has 0 aliphatic rings. The van der Waals surface area contributed by atoms with Crippen LogP contribution in [0, 0.1) is 11.3 Å². The lowest BCUT2D eigenvalue weighted by Gasteiger charge is -2.00. The standard InChI is InChI=1S/C12H10N4OS/c1-16-5-2-3-10(16)7-9(8-13)11(17)15-12-14-4-6-18-12/h2-7H,1H3,(H,14,15,17)/b9-7+. The van der Waals surface area contributed by atoms with Gasteiger partial charge < -0.3 is 4.57 Å². The molecule has 1 N–H and O–H groups in total. The molecule has 0 saturated carbocycles. The van der Waals surface area contributed by atoms with E-state index < -0.39 is 5.91 Å². The van der Waals surface area contributed by atoms with Gasteiger partial charge in [-0.15, -0.1) is 11.3 Å². The van der Waals surface area contributed by atoms with Gasteiger partial charge in [0.25, 0.3) is 5.91 Å². The van der Waals surface area contributed by atoms with Gasteiger partial charge in [-0.2, -0.15) is 5.26 Å². The quantitative estimate of drug-likeness (QED) is 0.676. The molecular formula is C12H10N4OS. The SMILES string of the molecule is Cn1cccc1/C=C(\C#N)C(=O)Nc1nccs1. The molecular weight excluding hydrogens is 248 g/mol. The van der Waals surface area contributed by atoms with Gasteiger partial charge in [-0.3, -0.25) is 10.1 Å². The van der Waals surface area contributed by atoms with E-state index in [4.69, 9.17) is 5.26 Å². The van der Waals surface area contributed by atoms with Crippen LogP contribution in [0.3, 0.4) is 0 Å². The zero-order valence-corrected chi connectivity index (χ0v) is 10.4. The molecule has 0 radical (unpaired) electrons. The van der Waals surface area contributed by atoms with Crippen LogP contribution in [0.25, 0.3) is 6.08 Å². The Hall–Kier alpha value is -2.39. The molecule has 0 aromatic carbocycles. The maximum Gasteiger partial charge on any atom is 0.268 e. The molecule has 90 valence electrons. The Bertz CT molecular complexity index is 619. The molecule has 2 heterocycles. The Morgan fingerprint density at radius 1 is 1.67 bits per heavy atom. The number of carbonyl (C=O) groups is 1. The zero-order chi connectivity index (χ0) is 13.0. The molecule has 0 atom stereocenters. The highest BCUT2D eigenvalue weighted by Crippen LogP contribution is 2.13. The molecule has 1 amide bonds. The first-order valence-electron chi connectivity index (χ1n) is 5.14. The van der Waals surface area contributed by atoms with Crippen molar-refractivity contribution in [3.05, 3.63) is 41.2 Å². The molecule has 0 fully saturated rings. The van der Waals surface area contributed by atoms with Crippen molar-refractivity contribution in [3.63, 3.8) is 0 Å². The number of nitriles is 1. The van der Waals surface area contributed by atoms with E-state index >= 15 is 0 Å². The molecule has 0 spiro atoms. The summed E-state index contributed by atoms with van der Waals surface area (Å²) in [7, 11) is 1.85. The summed E-state index contributed by atoms with van der Waals surface area (Å²) in [5, 5.41) is 13.8. The monoisotopic (exact) mass is 258 g/mol. The average molecular weight is 258 g/mol. The van der Waals surface area contributed by atoms with Crippen molar-refractivity contribution in [1.82, 2.24) is 9.55 Å². The molecule has 0 aliphatic carbocycles. The largest absolute Gasteiger partial charge is 0.351 e. The number of hydrogen-bond donors (Lipinski definition) is 1. The van der Waals surface area contributed by atoms with E-state index in [1.54, 1.807) is 17.7 Å². The molecule has 18 heavy (non-hydrogen) atoms. The van der Waals surface area contributed by atoms with Crippen LogP contribution in [0.1, 0.15) is 5.69 Å². The van der Waals surface area contributed by atoms with E-state index in [1.165, 1.54) is 11.3 Å². The maximum absolute atomic E-state index is 11.8. The van der Waals surface area contributed by atoms with Crippen LogP contribution in [0.5, 0.6) is 0 Å². The highest BCUT2D eigenvalue weighted by molar-refractivity contribution is 7.13. The zero-order valence-electron chi connectivity index (χ0n) is 9.62. The summed E-state index contributed by atoms with van der Waals surface area (Å²) >= 11 is 1.31. The third-order valence-electron chi connectivity index (χ3n) is 2.29. The topological polar surface area (TPSA) is 70.7 Å². The van der Waals surface area contributed by atoms with Crippen LogP contribution < -0.4 is 5.32 Å². The lowest BCUT2D eigenvalue weighted by molar-refractivity contribution is -0.112. The Kier molecular flexibility index (Phi) is 3.55. The van der Waals surface area contributed by atoms with E-state index in [2.05, 4.69) is 10.3 Å². The smallest absolute Gasteiger partial charge is 0.268 e. The van der Waals surface area contributed by atoms with Crippen molar-refractivity contribution in [3.8, 4) is 6.07 Å². The minimum absolute atomic E-state index is 0.0481. The summed E-state index contributed by atoms with van der Waals surface area (Å²) in [5.41, 5.74) is 0.841. The van der Waals surface area contributed by atoms with Gasteiger partial charge in [0.05, 0.1) is 0 Å². The minimum Gasteiger partial charge on any atom is -0.351 e. The van der Waals surface area contributed by atoms with Gasteiger partial charge in [0.2, 0.25) is 0 Å². The highest BCUT2D eigenvalue weighted by Gasteiger charge is 2.11. The third kappa shape index (κ3) is 2.64. The number of aryl methyl sites for hydroxylation is 1. The van der Waals surface area contributed by atoms with Crippen molar-refractivity contribution in [2.75, 3.05) is 5.32 Å². The van der Waals surface area contributed by atoms with Crippen LogP contribution in [0.2, 0.25) is 0 Å². The van der Waals surface area contributed by atoms with Crippen LogP contribution in [-0.4, -0.2) is 15.5 Å². The van der Waals surface area contributed by atoms with E-state index in [9.17, 15) is 4.79 Å². The van der Waals surface area contributed by atoms with E-state index in [0.29, 0.717) is 5.13 Å². The number of amides is 1. The van der Waals surface area contributed by atoms with E-state index in [1.807, 2.05) is 36.0 Å². The van der Waals surface area contributed by atoms with Crippen molar-refractivity contribution >= 4 is 28.5 Å². The van der Waals surface area contributed by atoms with E-state index in [0.717, 1.165) is 5.69 Å². The minimum atomic E-state index is -0.450. The fraction of sp³-hybridized carbons (Fsp3) is 0.0833. The average Bonchev–Trinajstić information content (AvgIpc) is 2.98. The van der Waals surface area contributed by atoms with Gasteiger partial charge in [-0.05, 0) is 18.2 Å². The van der Waals surface area contributed by atoms with Crippen molar-refractivity contribution < 1.29 is 4.79 Å². The number of anilines is 1. The number of hydrogen-bond acceptors (Lipinski definition) is 4. The lowest BCUT2D eigenvalue weighted by atomic mass is 10.2. The first-order chi connectivity index (χ1) is 8.70.